The number of carbonyl (C=O) groups excluding carboxylic acids is 1. The zero-order valence-corrected chi connectivity index (χ0v) is 9.35. The molecule has 0 bridgehead atoms. The SMILES string of the molecule is CC(COS)NC(=O)OC(C)(C)C. The Bertz CT molecular complexity index is 167. The number of thiol groups is 1. The van der Waals surface area contributed by atoms with Gasteiger partial charge in [-0.3, -0.25) is 0 Å². The minimum Gasteiger partial charge on any atom is -0.444 e. The summed E-state index contributed by atoms with van der Waals surface area (Å²) in [7, 11) is 0. The Morgan fingerprint density at radius 1 is 1.54 bits per heavy atom. The fraction of sp³-hybridized carbons (Fsp3) is 0.875. The van der Waals surface area contributed by atoms with E-state index < -0.39 is 11.7 Å². The molecule has 0 fully saturated rings. The second kappa shape index (κ2) is 5.34. The fourth-order valence-corrected chi connectivity index (χ4v) is 0.886. The molecule has 1 unspecified atom stereocenters. The molecular weight excluding hydrogens is 190 g/mol. The molecule has 0 saturated heterocycles. The molecule has 0 rings (SSSR count). The zero-order valence-electron chi connectivity index (χ0n) is 8.46. The molecule has 0 aliphatic rings. The van der Waals surface area contributed by atoms with Gasteiger partial charge in [-0.25, -0.2) is 4.79 Å². The van der Waals surface area contributed by atoms with E-state index in [1.54, 1.807) is 6.92 Å². The van der Waals surface area contributed by atoms with Gasteiger partial charge in [-0.15, -0.1) is 0 Å². The topological polar surface area (TPSA) is 47.6 Å². The summed E-state index contributed by atoms with van der Waals surface area (Å²) in [5.74, 6) is 0. The Labute approximate surface area is 84.6 Å². The van der Waals surface area contributed by atoms with Gasteiger partial charge in [0.1, 0.15) is 5.60 Å². The lowest BCUT2D eigenvalue weighted by molar-refractivity contribution is 0.0497. The lowest BCUT2D eigenvalue weighted by Gasteiger charge is -2.21. The molecule has 78 valence electrons. The summed E-state index contributed by atoms with van der Waals surface area (Å²) < 4.78 is 9.58. The monoisotopic (exact) mass is 207 g/mol. The zero-order chi connectivity index (χ0) is 10.5. The highest BCUT2D eigenvalue weighted by molar-refractivity contribution is 7.75. The molecule has 0 aromatic heterocycles. The Morgan fingerprint density at radius 3 is 2.46 bits per heavy atom. The largest absolute Gasteiger partial charge is 0.444 e. The van der Waals surface area contributed by atoms with Crippen LogP contribution in [0.25, 0.3) is 0 Å². The summed E-state index contributed by atoms with van der Waals surface area (Å²) in [6.45, 7) is 7.59. The van der Waals surface area contributed by atoms with Crippen molar-refractivity contribution in [2.45, 2.75) is 39.3 Å². The van der Waals surface area contributed by atoms with Gasteiger partial charge in [0.15, 0.2) is 0 Å². The van der Waals surface area contributed by atoms with Crippen molar-refractivity contribution in [1.29, 1.82) is 0 Å². The maximum Gasteiger partial charge on any atom is 0.407 e. The highest BCUT2D eigenvalue weighted by atomic mass is 32.1. The first-order valence-electron chi connectivity index (χ1n) is 4.11. The van der Waals surface area contributed by atoms with Crippen LogP contribution in [0, 0.1) is 0 Å². The first-order valence-corrected chi connectivity index (χ1v) is 4.47. The number of carbonyl (C=O) groups is 1. The number of nitrogens with one attached hydrogen (secondary N) is 1. The molecule has 0 aliphatic heterocycles. The third kappa shape index (κ3) is 7.93. The fourth-order valence-electron chi connectivity index (χ4n) is 0.662. The lowest BCUT2D eigenvalue weighted by atomic mass is 10.2. The summed E-state index contributed by atoms with van der Waals surface area (Å²) in [4.78, 5) is 11.1. The molecule has 0 heterocycles. The molecule has 0 aliphatic carbocycles. The van der Waals surface area contributed by atoms with E-state index in [2.05, 4.69) is 22.4 Å². The summed E-state index contributed by atoms with van der Waals surface area (Å²) in [6, 6.07) is -0.104. The third-order valence-corrected chi connectivity index (χ3v) is 1.24. The van der Waals surface area contributed by atoms with Gasteiger partial charge in [-0.05, 0) is 40.6 Å². The van der Waals surface area contributed by atoms with E-state index in [0.29, 0.717) is 6.61 Å². The van der Waals surface area contributed by atoms with Crippen LogP contribution in [0.2, 0.25) is 0 Å². The van der Waals surface area contributed by atoms with Crippen molar-refractivity contribution in [1.82, 2.24) is 5.32 Å². The van der Waals surface area contributed by atoms with Crippen molar-refractivity contribution < 1.29 is 13.7 Å². The standard InChI is InChI=1S/C8H17NO3S/c1-6(5-11-13)9-7(10)12-8(2,3)4/h6,13H,5H2,1-4H3,(H,9,10). The highest BCUT2D eigenvalue weighted by Crippen LogP contribution is 2.06. The predicted molar refractivity (Wildman–Crippen MR) is 53.8 cm³/mol. The molecule has 0 aromatic rings. The van der Waals surface area contributed by atoms with E-state index in [1.807, 2.05) is 20.8 Å². The van der Waals surface area contributed by atoms with Gasteiger partial charge in [0.2, 0.25) is 0 Å². The average Bonchev–Trinajstić information content (AvgIpc) is 1.81. The van der Waals surface area contributed by atoms with Crippen LogP contribution in [0.1, 0.15) is 27.7 Å². The van der Waals surface area contributed by atoms with Gasteiger partial charge in [-0.1, -0.05) is 0 Å². The molecule has 5 heteroatoms. The Morgan fingerprint density at radius 2 is 2.08 bits per heavy atom. The quantitative estimate of drug-likeness (QED) is 0.547. The van der Waals surface area contributed by atoms with Crippen LogP contribution in [0.15, 0.2) is 0 Å². The highest BCUT2D eigenvalue weighted by Gasteiger charge is 2.17. The van der Waals surface area contributed by atoms with Gasteiger partial charge >= 0.3 is 6.09 Å². The minimum absolute atomic E-state index is 0.104. The van der Waals surface area contributed by atoms with Crippen LogP contribution >= 0.6 is 12.9 Å². The van der Waals surface area contributed by atoms with Crippen LogP contribution in [-0.2, 0) is 8.92 Å². The summed E-state index contributed by atoms with van der Waals surface area (Å²) in [5, 5.41) is 2.60. The molecule has 1 N–H and O–H groups in total. The minimum atomic E-state index is -0.467. The van der Waals surface area contributed by atoms with Crippen molar-refractivity contribution in [3.05, 3.63) is 0 Å². The predicted octanol–water partition coefficient (Wildman–Crippen LogP) is 1.76. The Kier molecular flexibility index (Phi) is 5.17. The Hall–Kier alpha value is -0.420. The molecule has 0 aromatic carbocycles. The first-order chi connectivity index (χ1) is 5.85. The molecule has 0 spiro atoms. The van der Waals surface area contributed by atoms with Crippen molar-refractivity contribution in [3.8, 4) is 0 Å². The average molecular weight is 207 g/mol. The van der Waals surface area contributed by atoms with Crippen molar-refractivity contribution in [3.63, 3.8) is 0 Å². The smallest absolute Gasteiger partial charge is 0.407 e. The number of amides is 1. The van der Waals surface area contributed by atoms with Gasteiger partial charge in [0.05, 0.1) is 12.6 Å². The van der Waals surface area contributed by atoms with Crippen LogP contribution in [-0.4, -0.2) is 24.3 Å². The molecule has 0 radical (unpaired) electrons. The first kappa shape index (κ1) is 12.6. The van der Waals surface area contributed by atoms with E-state index in [9.17, 15) is 4.79 Å². The molecule has 4 nitrogen and oxygen atoms in total. The number of ether oxygens (including phenoxy) is 1. The second-order valence-corrected chi connectivity index (χ2v) is 4.10. The van der Waals surface area contributed by atoms with Gasteiger partial charge < -0.3 is 14.2 Å². The second-order valence-electron chi connectivity index (χ2n) is 3.84. The number of alkyl carbamates (subject to hydrolysis) is 1. The van der Waals surface area contributed by atoms with E-state index in [0.717, 1.165) is 0 Å². The van der Waals surface area contributed by atoms with Crippen LogP contribution < -0.4 is 5.32 Å². The van der Waals surface area contributed by atoms with Gasteiger partial charge in [0, 0.05) is 0 Å². The van der Waals surface area contributed by atoms with Crippen LogP contribution in [0.4, 0.5) is 4.79 Å². The van der Waals surface area contributed by atoms with Gasteiger partial charge in [-0.2, -0.15) is 0 Å². The normalized spacial score (nSPS) is 13.6. The number of hydrogen-bond acceptors (Lipinski definition) is 4. The molecule has 0 saturated carbocycles. The van der Waals surface area contributed by atoms with E-state index in [1.165, 1.54) is 0 Å². The van der Waals surface area contributed by atoms with E-state index in [-0.39, 0.29) is 6.04 Å². The number of hydrogen-bond donors (Lipinski definition) is 2. The molecule has 1 amide bonds. The van der Waals surface area contributed by atoms with E-state index in [4.69, 9.17) is 4.74 Å². The van der Waals surface area contributed by atoms with Crippen LogP contribution in [0.5, 0.6) is 0 Å². The maximum absolute atomic E-state index is 11.1. The third-order valence-electron chi connectivity index (χ3n) is 1.09. The lowest BCUT2D eigenvalue weighted by Crippen LogP contribution is -2.39. The van der Waals surface area contributed by atoms with Crippen molar-refractivity contribution >= 4 is 19.0 Å². The van der Waals surface area contributed by atoms with Crippen molar-refractivity contribution in [2.24, 2.45) is 0 Å². The molecule has 13 heavy (non-hydrogen) atoms. The maximum atomic E-state index is 11.1. The van der Waals surface area contributed by atoms with Crippen LogP contribution in [0.3, 0.4) is 0 Å². The summed E-state index contributed by atoms with van der Waals surface area (Å²) >= 11 is 3.58. The van der Waals surface area contributed by atoms with Crippen molar-refractivity contribution in [2.75, 3.05) is 6.61 Å². The number of rotatable bonds is 3. The summed E-state index contributed by atoms with van der Waals surface area (Å²) in [6.07, 6.45) is -0.439. The van der Waals surface area contributed by atoms with Gasteiger partial charge in [0.25, 0.3) is 0 Å². The Balaban J connectivity index is 3.74. The van der Waals surface area contributed by atoms with E-state index >= 15 is 0 Å². The molecule has 1 atom stereocenters. The molecular formula is C8H17NO3S. The summed E-state index contributed by atoms with van der Waals surface area (Å²) in [5.41, 5.74) is -0.467.